The molecule has 2 heterocycles. The van der Waals surface area contributed by atoms with Crippen molar-refractivity contribution in [2.75, 3.05) is 0 Å². The number of imidazole rings is 1. The van der Waals surface area contributed by atoms with Crippen molar-refractivity contribution >= 4 is 32.9 Å². The lowest BCUT2D eigenvalue weighted by molar-refractivity contribution is 0.0982. The Morgan fingerprint density at radius 3 is 2.52 bits per heavy atom. The van der Waals surface area contributed by atoms with Gasteiger partial charge in [-0.25, -0.2) is 13.4 Å². The zero-order chi connectivity index (χ0) is 20.4. The zero-order valence-corrected chi connectivity index (χ0v) is 16.9. The van der Waals surface area contributed by atoms with Crippen molar-refractivity contribution in [1.29, 1.82) is 0 Å². The van der Waals surface area contributed by atoms with E-state index in [9.17, 15) is 13.2 Å². The Hall–Kier alpha value is -2.96. The van der Waals surface area contributed by atoms with Gasteiger partial charge in [-0.15, -0.1) is 0 Å². The summed E-state index contributed by atoms with van der Waals surface area (Å²) in [6.07, 6.45) is 6.10. The molecule has 0 aliphatic heterocycles. The number of halogens is 1. The lowest BCUT2D eigenvalue weighted by Crippen LogP contribution is -2.04. The normalized spacial score (nSPS) is 11.6. The van der Waals surface area contributed by atoms with E-state index in [0.29, 0.717) is 18.4 Å². The molecule has 0 saturated heterocycles. The third-order valence-electron chi connectivity index (χ3n) is 4.71. The highest BCUT2D eigenvalue weighted by Crippen LogP contribution is 2.27. The Balaban J connectivity index is 1.47. The van der Waals surface area contributed by atoms with E-state index in [2.05, 4.69) is 4.98 Å². The molecule has 2 aromatic carbocycles. The number of benzene rings is 2. The number of nitrogens with zero attached hydrogens (tertiary/aromatic N) is 2. The van der Waals surface area contributed by atoms with Crippen LogP contribution in [0.5, 0.6) is 0 Å². The minimum Gasteiger partial charge on any atom is -0.306 e. The van der Waals surface area contributed by atoms with Gasteiger partial charge in [-0.1, -0.05) is 35.9 Å². The fourth-order valence-electron chi connectivity index (χ4n) is 3.11. The summed E-state index contributed by atoms with van der Waals surface area (Å²) in [7, 11) is -3.68. The van der Waals surface area contributed by atoms with Crippen LogP contribution in [0.15, 0.2) is 89.0 Å². The molecule has 0 saturated carbocycles. The molecule has 0 radical (unpaired) electrons. The SMILES string of the molecule is O=C(CCc1ccc(S(=O)(=O)c2ccccc2Cl)cc1)c1ccc2nccn2c1. The molecule has 29 heavy (non-hydrogen) atoms. The van der Waals surface area contributed by atoms with Gasteiger partial charge in [0.2, 0.25) is 9.84 Å². The van der Waals surface area contributed by atoms with E-state index in [1.165, 1.54) is 6.07 Å². The second-order valence-electron chi connectivity index (χ2n) is 6.61. The third kappa shape index (κ3) is 3.95. The lowest BCUT2D eigenvalue weighted by Gasteiger charge is -2.08. The first-order valence-corrected chi connectivity index (χ1v) is 10.9. The maximum Gasteiger partial charge on any atom is 0.208 e. The second-order valence-corrected chi connectivity index (χ2v) is 8.94. The molecule has 0 atom stereocenters. The van der Waals surface area contributed by atoms with Gasteiger partial charge in [0.05, 0.1) is 14.8 Å². The first kappa shape index (κ1) is 19.4. The number of pyridine rings is 1. The number of fused-ring (bicyclic) bond motifs is 1. The van der Waals surface area contributed by atoms with Gasteiger partial charge in [0, 0.05) is 30.6 Å². The monoisotopic (exact) mass is 424 g/mol. The fraction of sp³-hybridized carbons (Fsp3) is 0.0909. The van der Waals surface area contributed by atoms with E-state index in [4.69, 9.17) is 11.6 Å². The molecule has 0 spiro atoms. The van der Waals surface area contributed by atoms with Gasteiger partial charge in [0.15, 0.2) is 5.78 Å². The molecule has 5 nitrogen and oxygen atoms in total. The van der Waals surface area contributed by atoms with Crippen LogP contribution in [0.1, 0.15) is 22.3 Å². The third-order valence-corrected chi connectivity index (χ3v) is 6.98. The van der Waals surface area contributed by atoms with Gasteiger partial charge in [-0.05, 0) is 48.4 Å². The Morgan fingerprint density at radius 1 is 1.00 bits per heavy atom. The second kappa shape index (κ2) is 7.81. The first-order valence-electron chi connectivity index (χ1n) is 9.00. The van der Waals surface area contributed by atoms with Crippen LogP contribution in [0.2, 0.25) is 5.02 Å². The van der Waals surface area contributed by atoms with Crippen molar-refractivity contribution < 1.29 is 13.2 Å². The molecule has 0 amide bonds. The molecule has 0 fully saturated rings. The smallest absolute Gasteiger partial charge is 0.208 e. The number of rotatable bonds is 6. The topological polar surface area (TPSA) is 68.5 Å². The maximum atomic E-state index is 12.8. The molecular formula is C22H17ClN2O3S. The Morgan fingerprint density at radius 2 is 1.76 bits per heavy atom. The molecule has 0 unspecified atom stereocenters. The molecule has 0 aliphatic carbocycles. The Labute approximate surface area is 173 Å². The predicted octanol–water partition coefficient (Wildman–Crippen LogP) is 4.64. The average molecular weight is 425 g/mol. The summed E-state index contributed by atoms with van der Waals surface area (Å²) in [5.74, 6) is 0.0216. The number of hydrogen-bond acceptors (Lipinski definition) is 4. The highest BCUT2D eigenvalue weighted by atomic mass is 35.5. The van der Waals surface area contributed by atoms with Crippen molar-refractivity contribution in [2.24, 2.45) is 0 Å². The van der Waals surface area contributed by atoms with Crippen LogP contribution in [-0.4, -0.2) is 23.6 Å². The van der Waals surface area contributed by atoms with Gasteiger partial charge < -0.3 is 4.40 Å². The number of ketones is 1. The van der Waals surface area contributed by atoms with E-state index in [-0.39, 0.29) is 20.6 Å². The summed E-state index contributed by atoms with van der Waals surface area (Å²) in [5, 5.41) is 0.192. The largest absolute Gasteiger partial charge is 0.306 e. The predicted molar refractivity (Wildman–Crippen MR) is 111 cm³/mol. The highest BCUT2D eigenvalue weighted by Gasteiger charge is 2.20. The van der Waals surface area contributed by atoms with Crippen molar-refractivity contribution in [1.82, 2.24) is 9.38 Å². The minimum absolute atomic E-state index is 0.0216. The number of hydrogen-bond donors (Lipinski definition) is 0. The zero-order valence-electron chi connectivity index (χ0n) is 15.3. The van der Waals surface area contributed by atoms with Crippen LogP contribution in [0.25, 0.3) is 5.65 Å². The van der Waals surface area contributed by atoms with E-state index >= 15 is 0 Å². The Kier molecular flexibility index (Phi) is 5.22. The fourth-order valence-corrected chi connectivity index (χ4v) is 4.88. The van der Waals surface area contributed by atoms with Gasteiger partial charge >= 0.3 is 0 Å². The summed E-state index contributed by atoms with van der Waals surface area (Å²) in [6.45, 7) is 0. The molecule has 0 aliphatic rings. The van der Waals surface area contributed by atoms with Crippen LogP contribution in [0.3, 0.4) is 0 Å². The number of carbonyl (C=O) groups excluding carboxylic acids is 1. The van der Waals surface area contributed by atoms with Crippen LogP contribution < -0.4 is 0 Å². The van der Waals surface area contributed by atoms with Gasteiger partial charge in [-0.3, -0.25) is 4.79 Å². The number of Topliss-reactive ketones (excluding diaryl/α,β-unsaturated/α-hetero) is 1. The number of aromatic nitrogens is 2. The number of aryl methyl sites for hydroxylation is 1. The Bertz CT molecular complexity index is 1300. The minimum atomic E-state index is -3.68. The van der Waals surface area contributed by atoms with Crippen LogP contribution >= 0.6 is 11.6 Å². The van der Waals surface area contributed by atoms with Crippen molar-refractivity contribution in [3.8, 4) is 0 Å². The first-order chi connectivity index (χ1) is 13.9. The molecule has 7 heteroatoms. The average Bonchev–Trinajstić information content (AvgIpc) is 3.20. The van der Waals surface area contributed by atoms with Gasteiger partial charge in [0.25, 0.3) is 0 Å². The summed E-state index contributed by atoms with van der Waals surface area (Å²) in [5.41, 5.74) is 2.30. The van der Waals surface area contributed by atoms with E-state index in [1.54, 1.807) is 67.1 Å². The maximum absolute atomic E-state index is 12.8. The molecule has 146 valence electrons. The molecule has 4 aromatic rings. The highest BCUT2D eigenvalue weighted by molar-refractivity contribution is 7.91. The van der Waals surface area contributed by atoms with E-state index in [1.807, 2.05) is 10.5 Å². The quantitative estimate of drug-likeness (QED) is 0.423. The number of carbonyl (C=O) groups is 1. The summed E-state index contributed by atoms with van der Waals surface area (Å²) >= 11 is 6.04. The van der Waals surface area contributed by atoms with Crippen molar-refractivity contribution in [3.05, 3.63) is 95.4 Å². The van der Waals surface area contributed by atoms with Crippen molar-refractivity contribution in [3.63, 3.8) is 0 Å². The lowest BCUT2D eigenvalue weighted by atomic mass is 10.0. The van der Waals surface area contributed by atoms with Crippen LogP contribution in [0.4, 0.5) is 0 Å². The van der Waals surface area contributed by atoms with Crippen LogP contribution in [-0.2, 0) is 16.3 Å². The van der Waals surface area contributed by atoms with E-state index in [0.717, 1.165) is 11.2 Å². The summed E-state index contributed by atoms with van der Waals surface area (Å²) in [4.78, 5) is 16.9. The molecule has 4 rings (SSSR count). The van der Waals surface area contributed by atoms with Crippen molar-refractivity contribution in [2.45, 2.75) is 22.6 Å². The van der Waals surface area contributed by atoms with E-state index < -0.39 is 9.84 Å². The molecular weight excluding hydrogens is 408 g/mol. The summed E-state index contributed by atoms with van der Waals surface area (Å²) < 4.78 is 27.3. The van der Waals surface area contributed by atoms with Gasteiger partial charge in [-0.2, -0.15) is 0 Å². The van der Waals surface area contributed by atoms with Crippen LogP contribution in [0, 0.1) is 0 Å². The summed E-state index contributed by atoms with van der Waals surface area (Å²) in [6, 6.07) is 16.5. The number of sulfone groups is 1. The standard InChI is InChI=1S/C22H17ClN2O3S/c23-19-3-1-2-4-21(19)29(27,28)18-9-5-16(6-10-18)7-11-20(26)17-8-12-22-24-13-14-25(22)15-17/h1-6,8-10,12-15H,7,11H2. The molecule has 2 aromatic heterocycles. The molecule has 0 N–H and O–H groups in total. The molecule has 0 bridgehead atoms. The van der Waals surface area contributed by atoms with Gasteiger partial charge in [0.1, 0.15) is 5.65 Å².